The highest BCUT2D eigenvalue weighted by molar-refractivity contribution is 5.75. The van der Waals surface area contributed by atoms with Gasteiger partial charge in [-0.25, -0.2) is 0 Å². The Hall–Kier alpha value is -1.52. The summed E-state index contributed by atoms with van der Waals surface area (Å²) in [6.07, 6.45) is 4.81. The van der Waals surface area contributed by atoms with Crippen molar-refractivity contribution in [2.24, 2.45) is 0 Å². The van der Waals surface area contributed by atoms with Crippen LogP contribution < -0.4 is 5.32 Å². The summed E-state index contributed by atoms with van der Waals surface area (Å²) >= 11 is 0. The third-order valence-corrected chi connectivity index (χ3v) is 4.01. The molecule has 0 aromatic heterocycles. The standard InChI is InChI=1S/C19H28F3NO/c20-19(21,22)14-8-6-4-2-1-3-5-7-9-15-23-18-12-10-17(16-24)11-13-18/h10-13,16,23H,1-9,14-15H2. The van der Waals surface area contributed by atoms with Crippen LogP contribution in [0.3, 0.4) is 0 Å². The molecule has 1 N–H and O–H groups in total. The first kappa shape index (κ1) is 20.5. The Morgan fingerprint density at radius 3 is 1.79 bits per heavy atom. The maximum atomic E-state index is 12.0. The van der Waals surface area contributed by atoms with Crippen LogP contribution in [-0.2, 0) is 0 Å². The number of carbonyl (C=O) groups is 1. The molecule has 0 radical (unpaired) electrons. The lowest BCUT2D eigenvalue weighted by atomic mass is 10.1. The number of anilines is 1. The van der Waals surface area contributed by atoms with Crippen LogP contribution in [0.2, 0.25) is 0 Å². The molecule has 0 heterocycles. The van der Waals surface area contributed by atoms with E-state index in [0.29, 0.717) is 12.0 Å². The molecule has 0 fully saturated rings. The number of nitrogens with one attached hydrogen (secondary N) is 1. The van der Waals surface area contributed by atoms with E-state index in [4.69, 9.17) is 0 Å². The van der Waals surface area contributed by atoms with E-state index in [-0.39, 0.29) is 6.42 Å². The predicted molar refractivity (Wildman–Crippen MR) is 92.5 cm³/mol. The SMILES string of the molecule is O=Cc1ccc(NCCCCCCCCCCCC(F)(F)F)cc1. The van der Waals surface area contributed by atoms with Gasteiger partial charge in [0, 0.05) is 24.2 Å². The third kappa shape index (κ3) is 11.1. The molecule has 0 saturated carbocycles. The van der Waals surface area contributed by atoms with Crippen molar-refractivity contribution in [3.63, 3.8) is 0 Å². The van der Waals surface area contributed by atoms with Crippen molar-refractivity contribution in [2.45, 2.75) is 70.4 Å². The summed E-state index contributed by atoms with van der Waals surface area (Å²) < 4.78 is 35.9. The van der Waals surface area contributed by atoms with Crippen molar-refractivity contribution in [3.8, 4) is 0 Å². The lowest BCUT2D eigenvalue weighted by Gasteiger charge is -2.07. The molecule has 0 aliphatic rings. The Kier molecular flexibility index (Phi) is 10.2. The highest BCUT2D eigenvalue weighted by Crippen LogP contribution is 2.23. The fourth-order valence-corrected chi connectivity index (χ4v) is 2.60. The van der Waals surface area contributed by atoms with Crippen molar-refractivity contribution in [1.82, 2.24) is 0 Å². The summed E-state index contributed by atoms with van der Waals surface area (Å²) in [6, 6.07) is 7.40. The minimum absolute atomic E-state index is 0.267. The fourth-order valence-electron chi connectivity index (χ4n) is 2.60. The molecule has 0 atom stereocenters. The Labute approximate surface area is 142 Å². The summed E-state index contributed by atoms with van der Waals surface area (Å²) in [5.74, 6) is 0. The normalized spacial score (nSPS) is 11.5. The van der Waals surface area contributed by atoms with Crippen LogP contribution >= 0.6 is 0 Å². The Morgan fingerprint density at radius 2 is 1.29 bits per heavy atom. The minimum Gasteiger partial charge on any atom is -0.385 e. The minimum atomic E-state index is -4.00. The van der Waals surface area contributed by atoms with Crippen LogP contribution in [0.5, 0.6) is 0 Å². The van der Waals surface area contributed by atoms with Gasteiger partial charge in [-0.3, -0.25) is 4.79 Å². The number of aldehydes is 1. The molecule has 24 heavy (non-hydrogen) atoms. The molecule has 1 aromatic carbocycles. The maximum Gasteiger partial charge on any atom is 0.389 e. The molecule has 0 saturated heterocycles. The van der Waals surface area contributed by atoms with E-state index in [1.54, 1.807) is 12.1 Å². The first-order chi connectivity index (χ1) is 11.5. The van der Waals surface area contributed by atoms with Crippen LogP contribution in [0, 0.1) is 0 Å². The van der Waals surface area contributed by atoms with E-state index >= 15 is 0 Å². The van der Waals surface area contributed by atoms with Gasteiger partial charge in [0.2, 0.25) is 0 Å². The third-order valence-electron chi connectivity index (χ3n) is 4.01. The lowest BCUT2D eigenvalue weighted by Crippen LogP contribution is -2.06. The zero-order valence-electron chi connectivity index (χ0n) is 14.2. The Bertz CT molecular complexity index is 443. The number of benzene rings is 1. The summed E-state index contributed by atoms with van der Waals surface area (Å²) in [4.78, 5) is 10.6. The Morgan fingerprint density at radius 1 is 0.792 bits per heavy atom. The zero-order chi connectivity index (χ0) is 17.7. The molecule has 5 heteroatoms. The van der Waals surface area contributed by atoms with Crippen LogP contribution in [0.25, 0.3) is 0 Å². The fraction of sp³-hybridized carbons (Fsp3) is 0.632. The largest absolute Gasteiger partial charge is 0.389 e. The smallest absolute Gasteiger partial charge is 0.385 e. The quantitative estimate of drug-likeness (QED) is 0.333. The molecule has 0 aliphatic heterocycles. The highest BCUT2D eigenvalue weighted by atomic mass is 19.4. The van der Waals surface area contributed by atoms with Gasteiger partial charge in [-0.05, 0) is 37.1 Å². The number of hydrogen-bond acceptors (Lipinski definition) is 2. The summed E-state index contributed by atoms with van der Waals surface area (Å²) in [5, 5.41) is 3.33. The maximum absolute atomic E-state index is 12.0. The van der Waals surface area contributed by atoms with E-state index in [1.807, 2.05) is 12.1 Å². The lowest BCUT2D eigenvalue weighted by molar-refractivity contribution is -0.135. The predicted octanol–water partition coefficient (Wildman–Crippen LogP) is 6.37. The molecule has 1 aromatic rings. The van der Waals surface area contributed by atoms with Crippen LogP contribution in [0.15, 0.2) is 24.3 Å². The van der Waals surface area contributed by atoms with Crippen LogP contribution in [-0.4, -0.2) is 19.0 Å². The van der Waals surface area contributed by atoms with Gasteiger partial charge in [0.15, 0.2) is 0 Å². The zero-order valence-corrected chi connectivity index (χ0v) is 14.2. The van der Waals surface area contributed by atoms with Crippen molar-refractivity contribution < 1.29 is 18.0 Å². The molecule has 0 aliphatic carbocycles. The molecule has 1 rings (SSSR count). The van der Waals surface area contributed by atoms with Gasteiger partial charge in [-0.1, -0.05) is 44.9 Å². The van der Waals surface area contributed by atoms with E-state index < -0.39 is 12.6 Å². The van der Waals surface area contributed by atoms with Crippen LogP contribution in [0.1, 0.15) is 74.6 Å². The second kappa shape index (κ2) is 11.9. The monoisotopic (exact) mass is 343 g/mol. The van der Waals surface area contributed by atoms with E-state index in [0.717, 1.165) is 57.0 Å². The van der Waals surface area contributed by atoms with Crippen molar-refractivity contribution in [2.75, 3.05) is 11.9 Å². The molecular weight excluding hydrogens is 315 g/mol. The van der Waals surface area contributed by atoms with Crippen molar-refractivity contribution in [3.05, 3.63) is 29.8 Å². The van der Waals surface area contributed by atoms with E-state index in [9.17, 15) is 18.0 Å². The molecule has 0 unspecified atom stereocenters. The second-order valence-electron chi connectivity index (χ2n) is 6.21. The van der Waals surface area contributed by atoms with Gasteiger partial charge in [0.05, 0.1) is 0 Å². The van der Waals surface area contributed by atoms with Gasteiger partial charge in [-0.2, -0.15) is 13.2 Å². The van der Waals surface area contributed by atoms with Crippen LogP contribution in [0.4, 0.5) is 18.9 Å². The number of halogens is 3. The van der Waals surface area contributed by atoms with Gasteiger partial charge >= 0.3 is 6.18 Å². The number of rotatable bonds is 13. The Balaban J connectivity index is 1.86. The highest BCUT2D eigenvalue weighted by Gasteiger charge is 2.25. The summed E-state index contributed by atoms with van der Waals surface area (Å²) in [6.45, 7) is 0.915. The molecular formula is C19H28F3NO. The van der Waals surface area contributed by atoms with Crippen molar-refractivity contribution in [1.29, 1.82) is 0 Å². The average molecular weight is 343 g/mol. The second-order valence-corrected chi connectivity index (χ2v) is 6.21. The first-order valence-corrected chi connectivity index (χ1v) is 8.87. The molecule has 136 valence electrons. The molecule has 2 nitrogen and oxygen atoms in total. The first-order valence-electron chi connectivity index (χ1n) is 8.87. The molecule has 0 amide bonds. The van der Waals surface area contributed by atoms with Gasteiger partial charge in [0.1, 0.15) is 6.29 Å². The van der Waals surface area contributed by atoms with Gasteiger partial charge < -0.3 is 5.32 Å². The van der Waals surface area contributed by atoms with Gasteiger partial charge in [0.25, 0.3) is 0 Å². The van der Waals surface area contributed by atoms with Crippen molar-refractivity contribution >= 4 is 12.0 Å². The number of carbonyl (C=O) groups excluding carboxylic acids is 1. The van der Waals surface area contributed by atoms with Gasteiger partial charge in [-0.15, -0.1) is 0 Å². The molecule has 0 bridgehead atoms. The van der Waals surface area contributed by atoms with E-state index in [1.165, 1.54) is 6.42 Å². The summed E-state index contributed by atoms with van der Waals surface area (Å²) in [5.41, 5.74) is 1.71. The number of alkyl halides is 3. The average Bonchev–Trinajstić information content (AvgIpc) is 2.55. The van der Waals surface area contributed by atoms with E-state index in [2.05, 4.69) is 5.32 Å². The topological polar surface area (TPSA) is 29.1 Å². The summed E-state index contributed by atoms with van der Waals surface area (Å²) in [7, 11) is 0. The number of hydrogen-bond donors (Lipinski definition) is 1. The number of unbranched alkanes of at least 4 members (excludes halogenated alkanes) is 8. The molecule has 0 spiro atoms.